The predicted octanol–water partition coefficient (Wildman–Crippen LogP) is -0.373. The summed E-state index contributed by atoms with van der Waals surface area (Å²) in [5.74, 6) is -0.143. The van der Waals surface area contributed by atoms with Crippen molar-refractivity contribution in [1.82, 2.24) is 0 Å². The maximum atomic E-state index is 10.7. The van der Waals surface area contributed by atoms with Crippen LogP contribution in [0, 0.1) is 0 Å². The summed E-state index contributed by atoms with van der Waals surface area (Å²) in [5.41, 5.74) is -1.27. The highest BCUT2D eigenvalue weighted by Gasteiger charge is 2.33. The molecule has 0 bridgehead atoms. The minimum Gasteiger partial charge on any atom is -0.387 e. The van der Waals surface area contributed by atoms with Crippen molar-refractivity contribution < 1.29 is 15.0 Å². The molecular formula is C7H10O3. The van der Waals surface area contributed by atoms with E-state index >= 15 is 0 Å². The lowest BCUT2D eigenvalue weighted by Crippen LogP contribution is -2.42. The number of aliphatic hydroxyl groups is 2. The van der Waals surface area contributed by atoms with Crippen molar-refractivity contribution in [2.75, 3.05) is 0 Å². The first-order valence-corrected chi connectivity index (χ1v) is 3.14. The average Bonchev–Trinajstić information content (AvgIpc) is 1.78. The molecule has 0 heterocycles. The van der Waals surface area contributed by atoms with Crippen LogP contribution in [0.4, 0.5) is 0 Å². The molecule has 0 saturated heterocycles. The van der Waals surface area contributed by atoms with Crippen LogP contribution >= 0.6 is 0 Å². The maximum absolute atomic E-state index is 10.7. The van der Waals surface area contributed by atoms with E-state index in [4.69, 9.17) is 5.11 Å². The summed E-state index contributed by atoms with van der Waals surface area (Å²) in [4.78, 5) is 10.7. The van der Waals surface area contributed by atoms with Gasteiger partial charge in [0.15, 0.2) is 5.78 Å². The Balaban J connectivity index is 2.82. The standard InChI is InChI=1S/C7H10O3/c1-7(10)4-5(8)2-3-6(7)9/h2-3,6,9-10H,4H2,1H3/t6-,7+/m1/s1. The molecule has 1 rings (SSSR count). The molecule has 56 valence electrons. The molecule has 0 fully saturated rings. The number of aliphatic hydroxyl groups excluding tert-OH is 1. The number of carbonyl (C=O) groups excluding carboxylic acids is 1. The summed E-state index contributed by atoms with van der Waals surface area (Å²) in [7, 11) is 0. The second kappa shape index (κ2) is 2.18. The molecule has 0 aromatic heterocycles. The second-order valence-electron chi connectivity index (χ2n) is 2.80. The SMILES string of the molecule is C[C@]1(O)CC(=O)C=C[C@H]1O. The Morgan fingerprint density at radius 1 is 1.80 bits per heavy atom. The van der Waals surface area contributed by atoms with Crippen LogP contribution in [0.1, 0.15) is 13.3 Å². The van der Waals surface area contributed by atoms with E-state index in [0.29, 0.717) is 0 Å². The predicted molar refractivity (Wildman–Crippen MR) is 35.4 cm³/mol. The highest BCUT2D eigenvalue weighted by molar-refractivity contribution is 5.91. The zero-order valence-electron chi connectivity index (χ0n) is 5.74. The van der Waals surface area contributed by atoms with Gasteiger partial charge in [-0.05, 0) is 19.1 Å². The van der Waals surface area contributed by atoms with E-state index in [2.05, 4.69) is 0 Å². The van der Waals surface area contributed by atoms with Gasteiger partial charge in [-0.1, -0.05) is 0 Å². The molecule has 1 aliphatic rings. The number of hydrogen-bond donors (Lipinski definition) is 2. The summed E-state index contributed by atoms with van der Waals surface area (Å²) in [5, 5.41) is 18.4. The molecule has 0 aliphatic heterocycles. The third-order valence-corrected chi connectivity index (χ3v) is 1.63. The molecule has 10 heavy (non-hydrogen) atoms. The quantitative estimate of drug-likeness (QED) is 0.485. The first kappa shape index (κ1) is 7.44. The number of hydrogen-bond acceptors (Lipinski definition) is 3. The summed E-state index contributed by atoms with van der Waals surface area (Å²) in [6.07, 6.45) is 1.70. The van der Waals surface area contributed by atoms with Gasteiger partial charge in [-0.15, -0.1) is 0 Å². The third kappa shape index (κ3) is 1.25. The molecule has 0 radical (unpaired) electrons. The normalized spacial score (nSPS) is 40.3. The van der Waals surface area contributed by atoms with Crippen LogP contribution in [-0.4, -0.2) is 27.7 Å². The lowest BCUT2D eigenvalue weighted by atomic mass is 9.88. The zero-order valence-corrected chi connectivity index (χ0v) is 5.74. The molecule has 0 amide bonds. The molecule has 2 atom stereocenters. The van der Waals surface area contributed by atoms with Crippen molar-refractivity contribution in [3.63, 3.8) is 0 Å². The van der Waals surface area contributed by atoms with Crippen molar-refractivity contribution in [1.29, 1.82) is 0 Å². The van der Waals surface area contributed by atoms with Gasteiger partial charge in [0.2, 0.25) is 0 Å². The second-order valence-corrected chi connectivity index (χ2v) is 2.80. The molecule has 3 nitrogen and oxygen atoms in total. The summed E-state index contributed by atoms with van der Waals surface area (Å²) < 4.78 is 0. The van der Waals surface area contributed by atoms with Crippen LogP contribution in [-0.2, 0) is 4.79 Å². The van der Waals surface area contributed by atoms with Gasteiger partial charge in [0.25, 0.3) is 0 Å². The van der Waals surface area contributed by atoms with E-state index in [1.165, 1.54) is 19.1 Å². The summed E-state index contributed by atoms with van der Waals surface area (Å²) >= 11 is 0. The number of allylic oxidation sites excluding steroid dienone is 1. The topological polar surface area (TPSA) is 57.5 Å². The van der Waals surface area contributed by atoms with Crippen LogP contribution in [0.3, 0.4) is 0 Å². The lowest BCUT2D eigenvalue weighted by Gasteiger charge is -2.28. The van der Waals surface area contributed by atoms with E-state index in [-0.39, 0.29) is 12.2 Å². The Bertz CT molecular complexity index is 181. The van der Waals surface area contributed by atoms with Gasteiger partial charge >= 0.3 is 0 Å². The van der Waals surface area contributed by atoms with Gasteiger partial charge in [-0.2, -0.15) is 0 Å². The smallest absolute Gasteiger partial charge is 0.158 e. The van der Waals surface area contributed by atoms with Gasteiger partial charge in [0.1, 0.15) is 6.10 Å². The Morgan fingerprint density at radius 2 is 2.40 bits per heavy atom. The molecule has 0 aromatic rings. The Kier molecular flexibility index (Phi) is 1.62. The van der Waals surface area contributed by atoms with Crippen molar-refractivity contribution in [2.45, 2.75) is 25.0 Å². The molecule has 2 N–H and O–H groups in total. The van der Waals surface area contributed by atoms with Crippen LogP contribution in [0.2, 0.25) is 0 Å². The fourth-order valence-corrected chi connectivity index (χ4v) is 0.922. The Hall–Kier alpha value is -0.670. The van der Waals surface area contributed by atoms with Crippen LogP contribution in [0.15, 0.2) is 12.2 Å². The lowest BCUT2D eigenvalue weighted by molar-refractivity contribution is -0.124. The van der Waals surface area contributed by atoms with E-state index in [1.807, 2.05) is 0 Å². The Morgan fingerprint density at radius 3 is 2.80 bits per heavy atom. The molecule has 3 heteroatoms. The summed E-state index contributed by atoms with van der Waals surface area (Å²) in [6, 6.07) is 0. The molecule has 1 aliphatic carbocycles. The zero-order chi connectivity index (χ0) is 7.78. The molecule has 0 saturated carbocycles. The number of carbonyl (C=O) groups is 1. The van der Waals surface area contributed by atoms with E-state index in [1.54, 1.807) is 0 Å². The molecular weight excluding hydrogens is 132 g/mol. The highest BCUT2D eigenvalue weighted by atomic mass is 16.3. The first-order valence-electron chi connectivity index (χ1n) is 3.14. The van der Waals surface area contributed by atoms with Crippen molar-refractivity contribution in [3.05, 3.63) is 12.2 Å². The van der Waals surface area contributed by atoms with Gasteiger partial charge < -0.3 is 10.2 Å². The minimum absolute atomic E-state index is 0.00463. The molecule has 0 aromatic carbocycles. The molecule has 0 unspecified atom stereocenters. The Labute approximate surface area is 59.0 Å². The highest BCUT2D eigenvalue weighted by Crippen LogP contribution is 2.20. The van der Waals surface area contributed by atoms with Crippen LogP contribution in [0.5, 0.6) is 0 Å². The fraction of sp³-hybridized carbons (Fsp3) is 0.571. The number of ketones is 1. The van der Waals surface area contributed by atoms with Gasteiger partial charge in [-0.25, -0.2) is 0 Å². The average molecular weight is 142 g/mol. The maximum Gasteiger partial charge on any atom is 0.158 e. The third-order valence-electron chi connectivity index (χ3n) is 1.63. The van der Waals surface area contributed by atoms with Crippen LogP contribution < -0.4 is 0 Å². The fourth-order valence-electron chi connectivity index (χ4n) is 0.922. The van der Waals surface area contributed by atoms with Crippen molar-refractivity contribution in [2.24, 2.45) is 0 Å². The first-order chi connectivity index (χ1) is 4.52. The van der Waals surface area contributed by atoms with Gasteiger partial charge in [-0.3, -0.25) is 4.79 Å². The van der Waals surface area contributed by atoms with Gasteiger partial charge in [0, 0.05) is 6.42 Å². The van der Waals surface area contributed by atoms with Crippen LogP contribution in [0.25, 0.3) is 0 Å². The van der Waals surface area contributed by atoms with Crippen molar-refractivity contribution >= 4 is 5.78 Å². The monoisotopic (exact) mass is 142 g/mol. The molecule has 0 spiro atoms. The van der Waals surface area contributed by atoms with E-state index in [9.17, 15) is 9.90 Å². The van der Waals surface area contributed by atoms with Crippen molar-refractivity contribution in [3.8, 4) is 0 Å². The van der Waals surface area contributed by atoms with Gasteiger partial charge in [0.05, 0.1) is 5.60 Å². The minimum atomic E-state index is -1.27. The number of rotatable bonds is 0. The largest absolute Gasteiger partial charge is 0.387 e. The van der Waals surface area contributed by atoms with E-state index in [0.717, 1.165) is 0 Å². The van der Waals surface area contributed by atoms with E-state index < -0.39 is 11.7 Å². The summed E-state index contributed by atoms with van der Waals surface area (Å²) in [6.45, 7) is 1.44.